The van der Waals surface area contributed by atoms with Gasteiger partial charge in [0.25, 0.3) is 10.0 Å². The SMILES string of the molecule is COc1cncc(S(=O)(=O)Nc2ccc(-c3cn4cccnc4n3)cc2)c1. The molecule has 0 atom stereocenters. The smallest absolute Gasteiger partial charge is 0.263 e. The van der Waals surface area contributed by atoms with Crippen LogP contribution < -0.4 is 9.46 Å². The molecule has 27 heavy (non-hydrogen) atoms. The van der Waals surface area contributed by atoms with E-state index in [2.05, 4.69) is 19.7 Å². The lowest BCUT2D eigenvalue weighted by Gasteiger charge is -2.09. The standard InChI is InChI=1S/C18H15N5O3S/c1-26-15-9-16(11-19-10-15)27(24,25)22-14-5-3-13(4-6-14)17-12-23-8-2-7-20-18(23)21-17/h2-12,22H,1H3. The molecule has 1 N–H and O–H groups in total. The van der Waals surface area contributed by atoms with Gasteiger partial charge in [-0.3, -0.25) is 14.1 Å². The molecule has 9 heteroatoms. The van der Waals surface area contributed by atoms with Crippen molar-refractivity contribution in [2.45, 2.75) is 4.90 Å². The minimum atomic E-state index is -3.77. The normalized spacial score (nSPS) is 11.4. The highest BCUT2D eigenvalue weighted by Crippen LogP contribution is 2.23. The highest BCUT2D eigenvalue weighted by atomic mass is 32.2. The summed E-state index contributed by atoms with van der Waals surface area (Å²) in [6.45, 7) is 0. The van der Waals surface area contributed by atoms with Crippen molar-refractivity contribution in [3.05, 3.63) is 67.4 Å². The van der Waals surface area contributed by atoms with Crippen molar-refractivity contribution < 1.29 is 13.2 Å². The van der Waals surface area contributed by atoms with Gasteiger partial charge in [0.2, 0.25) is 5.78 Å². The maximum absolute atomic E-state index is 12.5. The number of ether oxygens (including phenoxy) is 1. The fraction of sp³-hybridized carbons (Fsp3) is 0.0556. The van der Waals surface area contributed by atoms with E-state index < -0.39 is 10.0 Å². The molecule has 136 valence electrons. The third kappa shape index (κ3) is 3.44. The molecule has 0 saturated carbocycles. The van der Waals surface area contributed by atoms with E-state index in [9.17, 15) is 8.42 Å². The van der Waals surface area contributed by atoms with E-state index in [0.29, 0.717) is 17.2 Å². The van der Waals surface area contributed by atoms with Crippen LogP contribution in [0.25, 0.3) is 17.0 Å². The Bertz CT molecular complexity index is 1170. The third-order valence-corrected chi connectivity index (χ3v) is 5.25. The molecule has 8 nitrogen and oxygen atoms in total. The van der Waals surface area contributed by atoms with Crippen molar-refractivity contribution in [1.29, 1.82) is 0 Å². The molecule has 1 aromatic carbocycles. The molecule has 0 spiro atoms. The topological polar surface area (TPSA) is 98.5 Å². The summed E-state index contributed by atoms with van der Waals surface area (Å²) in [5.41, 5.74) is 2.04. The lowest BCUT2D eigenvalue weighted by molar-refractivity contribution is 0.411. The van der Waals surface area contributed by atoms with E-state index in [0.717, 1.165) is 11.3 Å². The van der Waals surface area contributed by atoms with Gasteiger partial charge in [-0.15, -0.1) is 0 Å². The van der Waals surface area contributed by atoms with Gasteiger partial charge >= 0.3 is 0 Å². The molecule has 3 heterocycles. The predicted molar refractivity (Wildman–Crippen MR) is 100 cm³/mol. The molecule has 0 radical (unpaired) electrons. The van der Waals surface area contributed by atoms with Crippen molar-refractivity contribution in [3.63, 3.8) is 0 Å². The molecule has 0 aliphatic heterocycles. The minimum absolute atomic E-state index is 0.0253. The molecule has 0 aliphatic carbocycles. The summed E-state index contributed by atoms with van der Waals surface area (Å²) in [6.07, 6.45) is 8.12. The summed E-state index contributed by atoms with van der Waals surface area (Å²) >= 11 is 0. The first-order valence-electron chi connectivity index (χ1n) is 7.97. The van der Waals surface area contributed by atoms with Crippen LogP contribution >= 0.6 is 0 Å². The Morgan fingerprint density at radius 2 is 1.96 bits per heavy atom. The Morgan fingerprint density at radius 3 is 2.70 bits per heavy atom. The summed E-state index contributed by atoms with van der Waals surface area (Å²) in [4.78, 5) is 12.5. The number of anilines is 1. The van der Waals surface area contributed by atoms with Crippen LogP contribution in [0.15, 0.2) is 72.3 Å². The summed E-state index contributed by atoms with van der Waals surface area (Å²) in [6, 6.07) is 10.2. The average Bonchev–Trinajstić information content (AvgIpc) is 3.12. The molecule has 0 aliphatic rings. The molecule has 0 unspecified atom stereocenters. The second-order valence-electron chi connectivity index (χ2n) is 5.70. The number of hydrogen-bond donors (Lipinski definition) is 1. The van der Waals surface area contributed by atoms with Crippen molar-refractivity contribution in [1.82, 2.24) is 19.4 Å². The first-order chi connectivity index (χ1) is 13.0. The quantitative estimate of drug-likeness (QED) is 0.571. The fourth-order valence-electron chi connectivity index (χ4n) is 2.55. The molecule has 4 rings (SSSR count). The highest BCUT2D eigenvalue weighted by Gasteiger charge is 2.16. The van der Waals surface area contributed by atoms with Crippen molar-refractivity contribution in [3.8, 4) is 17.0 Å². The predicted octanol–water partition coefficient (Wildman–Crippen LogP) is 2.60. The monoisotopic (exact) mass is 381 g/mol. The van der Waals surface area contributed by atoms with Gasteiger partial charge in [-0.2, -0.15) is 0 Å². The zero-order chi connectivity index (χ0) is 18.9. The largest absolute Gasteiger partial charge is 0.495 e. The summed E-state index contributed by atoms with van der Waals surface area (Å²) in [5.74, 6) is 0.969. The fourth-order valence-corrected chi connectivity index (χ4v) is 3.58. The number of sulfonamides is 1. The number of benzene rings is 1. The maximum atomic E-state index is 12.5. The number of methoxy groups -OCH3 is 1. The van der Waals surface area contributed by atoms with Gasteiger partial charge in [0.15, 0.2) is 0 Å². The van der Waals surface area contributed by atoms with E-state index in [1.54, 1.807) is 30.5 Å². The van der Waals surface area contributed by atoms with E-state index in [1.165, 1.54) is 25.6 Å². The third-order valence-electron chi connectivity index (χ3n) is 3.90. The average molecular weight is 381 g/mol. The number of nitrogens with zero attached hydrogens (tertiary/aromatic N) is 4. The second kappa shape index (κ2) is 6.69. The van der Waals surface area contributed by atoms with Gasteiger partial charge in [0, 0.05) is 42.1 Å². The lowest BCUT2D eigenvalue weighted by atomic mass is 10.1. The van der Waals surface area contributed by atoms with Gasteiger partial charge in [0.05, 0.1) is 19.0 Å². The van der Waals surface area contributed by atoms with E-state index in [4.69, 9.17) is 4.74 Å². The van der Waals surface area contributed by atoms with Crippen LogP contribution in [0.3, 0.4) is 0 Å². The summed E-state index contributed by atoms with van der Waals surface area (Å²) < 4.78 is 34.4. The number of hydrogen-bond acceptors (Lipinski definition) is 6. The molecule has 0 bridgehead atoms. The molecule has 0 fully saturated rings. The van der Waals surface area contributed by atoms with Crippen LogP contribution in [0.4, 0.5) is 5.69 Å². The van der Waals surface area contributed by atoms with Crippen LogP contribution in [-0.4, -0.2) is 34.9 Å². The zero-order valence-electron chi connectivity index (χ0n) is 14.3. The van der Waals surface area contributed by atoms with Crippen molar-refractivity contribution >= 4 is 21.5 Å². The van der Waals surface area contributed by atoms with E-state index >= 15 is 0 Å². The van der Waals surface area contributed by atoms with Gasteiger partial charge in [-0.25, -0.2) is 18.4 Å². The van der Waals surface area contributed by atoms with Gasteiger partial charge in [-0.05, 0) is 18.2 Å². The Hall–Kier alpha value is -3.46. The minimum Gasteiger partial charge on any atom is -0.495 e. The van der Waals surface area contributed by atoms with Crippen LogP contribution in [0, 0.1) is 0 Å². The number of nitrogens with one attached hydrogen (secondary N) is 1. The Kier molecular flexibility index (Phi) is 4.21. The number of imidazole rings is 1. The molecule has 4 aromatic rings. The number of fused-ring (bicyclic) bond motifs is 1. The molecular formula is C18H15N5O3S. The zero-order valence-corrected chi connectivity index (χ0v) is 15.1. The van der Waals surface area contributed by atoms with Crippen LogP contribution in [0.5, 0.6) is 5.75 Å². The highest BCUT2D eigenvalue weighted by molar-refractivity contribution is 7.92. The van der Waals surface area contributed by atoms with Crippen LogP contribution in [0.1, 0.15) is 0 Å². The maximum Gasteiger partial charge on any atom is 0.263 e. The van der Waals surface area contributed by atoms with Crippen molar-refractivity contribution in [2.75, 3.05) is 11.8 Å². The summed E-state index contributed by atoms with van der Waals surface area (Å²) in [5, 5.41) is 0. The van der Waals surface area contributed by atoms with E-state index in [1.807, 2.05) is 22.9 Å². The molecule has 0 amide bonds. The molecule has 0 saturated heterocycles. The molecule has 3 aromatic heterocycles. The molecular weight excluding hydrogens is 366 g/mol. The lowest BCUT2D eigenvalue weighted by Crippen LogP contribution is -2.13. The van der Waals surface area contributed by atoms with Crippen LogP contribution in [0.2, 0.25) is 0 Å². The van der Waals surface area contributed by atoms with Gasteiger partial charge in [-0.1, -0.05) is 12.1 Å². The Balaban J connectivity index is 1.58. The number of pyridine rings is 1. The Morgan fingerprint density at radius 1 is 1.15 bits per heavy atom. The second-order valence-corrected chi connectivity index (χ2v) is 7.38. The van der Waals surface area contributed by atoms with Gasteiger partial charge in [0.1, 0.15) is 10.6 Å². The number of aromatic nitrogens is 4. The number of rotatable bonds is 5. The summed E-state index contributed by atoms with van der Waals surface area (Å²) in [7, 11) is -2.31. The van der Waals surface area contributed by atoms with Crippen molar-refractivity contribution in [2.24, 2.45) is 0 Å². The van der Waals surface area contributed by atoms with E-state index in [-0.39, 0.29) is 4.90 Å². The first kappa shape index (κ1) is 17.0. The Labute approximate surface area is 155 Å². The van der Waals surface area contributed by atoms with Crippen LogP contribution in [-0.2, 0) is 10.0 Å². The van der Waals surface area contributed by atoms with Gasteiger partial charge < -0.3 is 4.74 Å². The first-order valence-corrected chi connectivity index (χ1v) is 9.45.